The number of amides is 1. The number of aromatic nitrogens is 1. The van der Waals surface area contributed by atoms with Crippen molar-refractivity contribution >= 4 is 34.8 Å². The molecule has 1 amide bonds. The number of nitrogens with two attached hydrogens (primary N) is 1. The Balaban J connectivity index is 1.66. The number of hydrogen-bond donors (Lipinski definition) is 2. The smallest absolute Gasteiger partial charge is 0.289 e. The summed E-state index contributed by atoms with van der Waals surface area (Å²) >= 11 is 2.58. The molecule has 0 unspecified atom stereocenters. The van der Waals surface area contributed by atoms with E-state index in [1.54, 1.807) is 14.2 Å². The quantitative estimate of drug-likeness (QED) is 0.449. The molecular formula is C23H22N5O3S2+. The molecule has 0 fully saturated rings. The molecule has 1 aromatic carbocycles. The number of carbonyl (C=O) groups excluding carboxylic acids is 1. The third-order valence-corrected chi connectivity index (χ3v) is 6.66. The van der Waals surface area contributed by atoms with Crippen molar-refractivity contribution in [2.24, 2.45) is 0 Å². The minimum Gasteiger partial charge on any atom is -0.493 e. The molecule has 3 aromatic rings. The van der Waals surface area contributed by atoms with Crippen LogP contribution in [-0.4, -0.2) is 32.4 Å². The number of methoxy groups -OCH3 is 2. The molecule has 0 bridgehead atoms. The summed E-state index contributed by atoms with van der Waals surface area (Å²) in [5.74, 6) is 1.35. The zero-order valence-corrected chi connectivity index (χ0v) is 19.7. The third-order valence-electron chi connectivity index (χ3n) is 4.77. The summed E-state index contributed by atoms with van der Waals surface area (Å²) in [7, 11) is 3.16. The lowest BCUT2D eigenvalue weighted by atomic mass is 10.0. The van der Waals surface area contributed by atoms with Gasteiger partial charge in [0.2, 0.25) is 5.91 Å². The number of thiophene rings is 1. The Hall–Kier alpha value is -3.73. The molecule has 33 heavy (non-hydrogen) atoms. The standard InChI is InChI=1S/C23H21N5O3S2/c1-30-17-6-5-14(10-18(17)31-2)7-8-27-20(29)13-33-23-16(12-25)21(19-4-3-9-32-19)15(11-24)22(26)28-23/h3-6,9-10H,7-8,13H2,1-2H3,(H2,26,28)(H,27,29)/p+1. The predicted octanol–water partition coefficient (Wildman–Crippen LogP) is 3.02. The summed E-state index contributed by atoms with van der Waals surface area (Å²) < 4.78 is 10.5. The number of H-pyrrole nitrogens is 1. The van der Waals surface area contributed by atoms with Gasteiger partial charge in [0.15, 0.2) is 22.1 Å². The van der Waals surface area contributed by atoms with Crippen LogP contribution in [0.15, 0.2) is 40.7 Å². The van der Waals surface area contributed by atoms with Gasteiger partial charge in [0, 0.05) is 17.0 Å². The number of nitrogens with zero attached hydrogens (tertiary/aromatic N) is 2. The SMILES string of the molecule is COc1ccc(CCNC(=O)CSc2[nH+]c(N)c(C#N)c(-c3cccs3)c2C#N)cc1OC. The average Bonchev–Trinajstić information content (AvgIpc) is 3.36. The van der Waals surface area contributed by atoms with E-state index in [2.05, 4.69) is 22.4 Å². The molecule has 4 N–H and O–H groups in total. The van der Waals surface area contributed by atoms with Crippen molar-refractivity contribution in [1.29, 1.82) is 10.5 Å². The monoisotopic (exact) mass is 480 g/mol. The fourth-order valence-electron chi connectivity index (χ4n) is 3.19. The highest BCUT2D eigenvalue weighted by atomic mass is 32.2. The van der Waals surface area contributed by atoms with E-state index < -0.39 is 0 Å². The highest BCUT2D eigenvalue weighted by Crippen LogP contribution is 2.35. The van der Waals surface area contributed by atoms with Gasteiger partial charge < -0.3 is 14.8 Å². The van der Waals surface area contributed by atoms with Gasteiger partial charge in [0.05, 0.1) is 20.0 Å². The molecule has 0 saturated heterocycles. The third kappa shape index (κ3) is 5.55. The predicted molar refractivity (Wildman–Crippen MR) is 127 cm³/mol. The van der Waals surface area contributed by atoms with E-state index in [0.29, 0.717) is 40.6 Å². The van der Waals surface area contributed by atoms with Gasteiger partial charge in [-0.15, -0.1) is 11.3 Å². The van der Waals surface area contributed by atoms with Gasteiger partial charge in [-0.05, 0) is 35.6 Å². The van der Waals surface area contributed by atoms with Crippen LogP contribution in [0.4, 0.5) is 5.82 Å². The molecule has 3 rings (SSSR count). The second-order valence-corrected chi connectivity index (χ2v) is 8.70. The van der Waals surface area contributed by atoms with Crippen LogP contribution in [0, 0.1) is 22.7 Å². The minimum absolute atomic E-state index is 0.0896. The van der Waals surface area contributed by atoms with Crippen molar-refractivity contribution in [2.75, 3.05) is 32.3 Å². The molecular weight excluding hydrogens is 458 g/mol. The molecule has 2 heterocycles. The van der Waals surface area contributed by atoms with Crippen molar-refractivity contribution in [3.8, 4) is 34.1 Å². The summed E-state index contributed by atoms with van der Waals surface area (Å²) in [6.07, 6.45) is 0.624. The number of hydrogen-bond acceptors (Lipinski definition) is 8. The summed E-state index contributed by atoms with van der Waals surface area (Å²) in [6, 6.07) is 13.5. The number of anilines is 1. The number of nitrogens with one attached hydrogen (secondary N) is 2. The summed E-state index contributed by atoms with van der Waals surface area (Å²) in [4.78, 5) is 16.1. The maximum atomic E-state index is 12.4. The van der Waals surface area contributed by atoms with Crippen molar-refractivity contribution in [3.63, 3.8) is 0 Å². The van der Waals surface area contributed by atoms with Gasteiger partial charge in [-0.2, -0.15) is 10.5 Å². The van der Waals surface area contributed by atoms with Crippen molar-refractivity contribution in [3.05, 3.63) is 52.4 Å². The fraction of sp³-hybridized carbons (Fsp3) is 0.217. The Morgan fingerprint density at radius 2 is 1.94 bits per heavy atom. The summed E-state index contributed by atoms with van der Waals surface area (Å²) in [5, 5.41) is 24.5. The highest BCUT2D eigenvalue weighted by molar-refractivity contribution is 7.99. The highest BCUT2D eigenvalue weighted by Gasteiger charge is 2.24. The Morgan fingerprint density at radius 3 is 2.58 bits per heavy atom. The van der Waals surface area contributed by atoms with Crippen LogP contribution in [0.25, 0.3) is 10.4 Å². The van der Waals surface area contributed by atoms with E-state index in [1.807, 2.05) is 35.7 Å². The number of nitriles is 2. The first kappa shape index (κ1) is 23.9. The molecule has 8 nitrogen and oxygen atoms in total. The molecule has 0 aliphatic heterocycles. The fourth-order valence-corrected chi connectivity index (χ4v) is 4.82. The number of carbonyl (C=O) groups is 1. The normalized spacial score (nSPS) is 10.2. The van der Waals surface area contributed by atoms with E-state index in [1.165, 1.54) is 23.1 Å². The second kappa shape index (κ2) is 11.2. The lowest BCUT2D eigenvalue weighted by molar-refractivity contribution is -0.410. The number of rotatable bonds is 9. The van der Waals surface area contributed by atoms with E-state index in [0.717, 1.165) is 10.4 Å². The topological polar surface area (TPSA) is 135 Å². The van der Waals surface area contributed by atoms with Gasteiger partial charge in [-0.1, -0.05) is 23.9 Å². The number of pyridine rings is 1. The molecule has 0 atom stereocenters. The number of thioether (sulfide) groups is 1. The summed E-state index contributed by atoms with van der Waals surface area (Å²) in [6.45, 7) is 0.444. The Labute approximate surface area is 200 Å². The minimum atomic E-state index is -0.182. The van der Waals surface area contributed by atoms with Gasteiger partial charge in [-0.3, -0.25) is 10.5 Å². The zero-order valence-electron chi connectivity index (χ0n) is 18.1. The number of nitrogen functional groups attached to an aromatic ring is 1. The van der Waals surface area contributed by atoms with E-state index in [9.17, 15) is 15.3 Å². The summed E-state index contributed by atoms with van der Waals surface area (Å²) in [5.41, 5.74) is 8.05. The lowest BCUT2D eigenvalue weighted by Crippen LogP contribution is -2.28. The van der Waals surface area contributed by atoms with E-state index >= 15 is 0 Å². The first-order valence-electron chi connectivity index (χ1n) is 9.85. The van der Waals surface area contributed by atoms with E-state index in [-0.39, 0.29) is 23.0 Å². The molecule has 0 radical (unpaired) electrons. The maximum absolute atomic E-state index is 12.4. The second-order valence-electron chi connectivity index (χ2n) is 6.77. The average molecular weight is 481 g/mol. The Kier molecular flexibility index (Phi) is 8.14. The number of ether oxygens (including phenoxy) is 2. The van der Waals surface area contributed by atoms with Crippen LogP contribution in [0.3, 0.4) is 0 Å². The van der Waals surface area contributed by atoms with Crippen molar-refractivity contribution in [2.45, 2.75) is 11.4 Å². The van der Waals surface area contributed by atoms with Gasteiger partial charge >= 0.3 is 0 Å². The van der Waals surface area contributed by atoms with Gasteiger partial charge in [0.25, 0.3) is 5.82 Å². The van der Waals surface area contributed by atoms with Crippen molar-refractivity contribution in [1.82, 2.24) is 5.32 Å². The number of benzene rings is 1. The number of aromatic amines is 1. The molecule has 0 spiro atoms. The van der Waals surface area contributed by atoms with Crippen LogP contribution in [0.1, 0.15) is 16.7 Å². The van der Waals surface area contributed by atoms with Crippen LogP contribution in [0.5, 0.6) is 11.5 Å². The zero-order chi connectivity index (χ0) is 23.8. The molecule has 10 heteroatoms. The van der Waals surface area contributed by atoms with Crippen LogP contribution in [0.2, 0.25) is 0 Å². The molecule has 0 aliphatic carbocycles. The van der Waals surface area contributed by atoms with Crippen LogP contribution in [-0.2, 0) is 11.2 Å². The molecule has 0 saturated carbocycles. The first-order valence-corrected chi connectivity index (χ1v) is 11.7. The van der Waals surface area contributed by atoms with Crippen LogP contribution >= 0.6 is 23.1 Å². The molecule has 0 aliphatic rings. The Morgan fingerprint density at radius 1 is 1.18 bits per heavy atom. The van der Waals surface area contributed by atoms with Crippen LogP contribution < -0.4 is 25.5 Å². The maximum Gasteiger partial charge on any atom is 0.289 e. The van der Waals surface area contributed by atoms with Gasteiger partial charge in [-0.25, -0.2) is 4.98 Å². The Bertz CT molecular complexity index is 1230. The molecule has 2 aromatic heterocycles. The first-order chi connectivity index (χ1) is 16.0. The lowest BCUT2D eigenvalue weighted by Gasteiger charge is -2.10. The van der Waals surface area contributed by atoms with Crippen molar-refractivity contribution < 1.29 is 19.3 Å². The molecule has 168 valence electrons. The largest absolute Gasteiger partial charge is 0.493 e. The van der Waals surface area contributed by atoms with Gasteiger partial charge in [0.1, 0.15) is 17.7 Å². The van der Waals surface area contributed by atoms with E-state index in [4.69, 9.17) is 15.2 Å².